The van der Waals surface area contributed by atoms with Crippen LogP contribution < -0.4 is 5.32 Å². The molecule has 21 heavy (non-hydrogen) atoms. The first kappa shape index (κ1) is 12.1. The van der Waals surface area contributed by atoms with Crippen LogP contribution in [0.3, 0.4) is 0 Å². The van der Waals surface area contributed by atoms with Crippen LogP contribution in [0.2, 0.25) is 0 Å². The number of aromatic amines is 1. The molecule has 0 bridgehead atoms. The van der Waals surface area contributed by atoms with Crippen LogP contribution in [-0.4, -0.2) is 25.7 Å². The maximum Gasteiger partial charge on any atom is 0.276 e. The molecule has 106 valence electrons. The second-order valence-electron chi connectivity index (χ2n) is 5.40. The van der Waals surface area contributed by atoms with Crippen molar-refractivity contribution in [3.63, 3.8) is 0 Å². The lowest BCUT2D eigenvalue weighted by atomic mass is 10.2. The van der Waals surface area contributed by atoms with Gasteiger partial charge in [-0.1, -0.05) is 0 Å². The molecular weight excluding hydrogens is 266 g/mol. The second-order valence-corrected chi connectivity index (χ2v) is 5.40. The Labute approximate surface area is 121 Å². The van der Waals surface area contributed by atoms with E-state index in [0.717, 1.165) is 47.2 Å². The summed E-state index contributed by atoms with van der Waals surface area (Å²) in [6, 6.07) is 5.71. The smallest absolute Gasteiger partial charge is 0.276 e. The number of carbonyl (C=O) groups is 1. The van der Waals surface area contributed by atoms with Crippen molar-refractivity contribution in [1.29, 1.82) is 0 Å². The summed E-state index contributed by atoms with van der Waals surface area (Å²) in [5, 5.41) is 10.0. The number of aryl methyl sites for hydroxylation is 2. The average molecular weight is 281 g/mol. The predicted octanol–water partition coefficient (Wildman–Crippen LogP) is 2.04. The van der Waals surface area contributed by atoms with Gasteiger partial charge >= 0.3 is 0 Å². The number of rotatable bonds is 2. The van der Waals surface area contributed by atoms with Crippen LogP contribution in [0, 0.1) is 0 Å². The van der Waals surface area contributed by atoms with Gasteiger partial charge in [-0.15, -0.1) is 0 Å². The van der Waals surface area contributed by atoms with Crippen molar-refractivity contribution < 1.29 is 4.79 Å². The Kier molecular flexibility index (Phi) is 2.57. The predicted molar refractivity (Wildman–Crippen MR) is 79.3 cm³/mol. The van der Waals surface area contributed by atoms with Gasteiger partial charge in [-0.25, -0.2) is 4.98 Å². The van der Waals surface area contributed by atoms with Gasteiger partial charge in [-0.2, -0.15) is 5.10 Å². The molecule has 0 saturated carbocycles. The quantitative estimate of drug-likeness (QED) is 0.754. The highest BCUT2D eigenvalue weighted by Crippen LogP contribution is 2.24. The lowest BCUT2D eigenvalue weighted by molar-refractivity contribution is 0.102. The van der Waals surface area contributed by atoms with Crippen LogP contribution in [0.1, 0.15) is 28.2 Å². The first-order valence-corrected chi connectivity index (χ1v) is 7.01. The number of hydrogen-bond donors (Lipinski definition) is 2. The summed E-state index contributed by atoms with van der Waals surface area (Å²) in [5.41, 5.74) is 5.31. The molecule has 2 aromatic heterocycles. The Hall–Kier alpha value is -2.63. The number of amides is 1. The fraction of sp³-hybridized carbons (Fsp3) is 0.267. The fourth-order valence-corrected chi connectivity index (χ4v) is 2.91. The third-order valence-corrected chi connectivity index (χ3v) is 4.00. The zero-order valence-corrected chi connectivity index (χ0v) is 11.7. The molecule has 0 fully saturated rings. The van der Waals surface area contributed by atoms with Gasteiger partial charge in [0.1, 0.15) is 0 Å². The maximum atomic E-state index is 12.4. The van der Waals surface area contributed by atoms with E-state index in [4.69, 9.17) is 0 Å². The zero-order chi connectivity index (χ0) is 14.4. The molecule has 2 N–H and O–H groups in total. The number of imidazole rings is 1. The Bertz CT molecular complexity index is 845. The van der Waals surface area contributed by atoms with Crippen molar-refractivity contribution in [2.75, 3.05) is 5.32 Å². The minimum absolute atomic E-state index is 0.162. The highest BCUT2D eigenvalue weighted by molar-refractivity contribution is 6.04. The van der Waals surface area contributed by atoms with Gasteiger partial charge in [0.2, 0.25) is 0 Å². The summed E-state index contributed by atoms with van der Waals surface area (Å²) in [6.07, 6.45) is 4.75. The normalized spacial score (nSPS) is 13.6. The Morgan fingerprint density at radius 3 is 3.19 bits per heavy atom. The molecule has 6 nitrogen and oxygen atoms in total. The largest absolute Gasteiger partial charge is 0.334 e. The molecule has 1 amide bonds. The van der Waals surface area contributed by atoms with Crippen molar-refractivity contribution in [3.05, 3.63) is 41.5 Å². The van der Waals surface area contributed by atoms with E-state index in [1.807, 2.05) is 29.8 Å². The fourth-order valence-electron chi connectivity index (χ4n) is 2.91. The van der Waals surface area contributed by atoms with Gasteiger partial charge in [0.25, 0.3) is 5.91 Å². The number of fused-ring (bicyclic) bond motifs is 2. The molecule has 3 aromatic rings. The number of nitrogens with one attached hydrogen (secondary N) is 2. The van der Waals surface area contributed by atoms with Crippen molar-refractivity contribution in [2.45, 2.75) is 19.3 Å². The first-order chi connectivity index (χ1) is 10.2. The van der Waals surface area contributed by atoms with Crippen molar-refractivity contribution in [3.8, 4) is 0 Å². The van der Waals surface area contributed by atoms with Gasteiger partial charge in [0, 0.05) is 24.0 Å². The summed E-state index contributed by atoms with van der Waals surface area (Å²) in [6.45, 7) is 0. The van der Waals surface area contributed by atoms with Crippen molar-refractivity contribution in [1.82, 2.24) is 19.7 Å². The van der Waals surface area contributed by atoms with Crippen LogP contribution in [0.25, 0.3) is 11.0 Å². The van der Waals surface area contributed by atoms with Crippen LogP contribution in [-0.2, 0) is 19.9 Å². The number of nitrogens with zero attached hydrogens (tertiary/aromatic N) is 3. The lowest BCUT2D eigenvalue weighted by Crippen LogP contribution is -2.14. The molecule has 1 aromatic carbocycles. The van der Waals surface area contributed by atoms with Gasteiger partial charge in [-0.3, -0.25) is 9.89 Å². The average Bonchev–Trinajstić information content (AvgIpc) is 3.14. The molecule has 2 heterocycles. The SMILES string of the molecule is Cn1cnc2cc(NC(=O)c3n[nH]c4c3CCC4)ccc21. The summed E-state index contributed by atoms with van der Waals surface area (Å²) < 4.78 is 1.95. The molecule has 0 radical (unpaired) electrons. The highest BCUT2D eigenvalue weighted by atomic mass is 16.1. The molecule has 0 atom stereocenters. The summed E-state index contributed by atoms with van der Waals surface area (Å²) in [4.78, 5) is 16.7. The third-order valence-electron chi connectivity index (χ3n) is 4.00. The maximum absolute atomic E-state index is 12.4. The topological polar surface area (TPSA) is 75.6 Å². The van der Waals surface area contributed by atoms with E-state index in [0.29, 0.717) is 5.69 Å². The number of benzene rings is 1. The molecule has 0 spiro atoms. The summed E-state index contributed by atoms with van der Waals surface area (Å²) >= 11 is 0. The van der Waals surface area contributed by atoms with Gasteiger partial charge < -0.3 is 9.88 Å². The molecule has 0 saturated heterocycles. The lowest BCUT2D eigenvalue weighted by Gasteiger charge is -2.04. The molecule has 4 rings (SSSR count). The van der Waals surface area contributed by atoms with Gasteiger partial charge in [0.05, 0.1) is 17.4 Å². The van der Waals surface area contributed by atoms with Crippen LogP contribution in [0.4, 0.5) is 5.69 Å². The van der Waals surface area contributed by atoms with E-state index in [1.165, 1.54) is 0 Å². The Morgan fingerprint density at radius 1 is 1.38 bits per heavy atom. The molecule has 6 heteroatoms. The molecule has 1 aliphatic rings. The molecule has 1 aliphatic carbocycles. The Balaban J connectivity index is 1.63. The Morgan fingerprint density at radius 2 is 2.29 bits per heavy atom. The monoisotopic (exact) mass is 281 g/mol. The van der Waals surface area contributed by atoms with E-state index in [-0.39, 0.29) is 5.91 Å². The number of aromatic nitrogens is 4. The van der Waals surface area contributed by atoms with E-state index in [9.17, 15) is 4.79 Å². The van der Waals surface area contributed by atoms with E-state index >= 15 is 0 Å². The number of carbonyl (C=O) groups excluding carboxylic acids is 1. The second kappa shape index (κ2) is 4.44. The summed E-state index contributed by atoms with van der Waals surface area (Å²) in [7, 11) is 1.95. The van der Waals surface area contributed by atoms with E-state index < -0.39 is 0 Å². The van der Waals surface area contributed by atoms with Gasteiger partial charge in [-0.05, 0) is 37.5 Å². The van der Waals surface area contributed by atoms with E-state index in [1.54, 1.807) is 6.33 Å². The number of hydrogen-bond acceptors (Lipinski definition) is 3. The highest BCUT2D eigenvalue weighted by Gasteiger charge is 2.23. The van der Waals surface area contributed by atoms with E-state index in [2.05, 4.69) is 20.5 Å². The van der Waals surface area contributed by atoms with Crippen LogP contribution >= 0.6 is 0 Å². The third kappa shape index (κ3) is 1.91. The van der Waals surface area contributed by atoms with Crippen LogP contribution in [0.15, 0.2) is 24.5 Å². The number of anilines is 1. The van der Waals surface area contributed by atoms with Crippen molar-refractivity contribution >= 4 is 22.6 Å². The van der Waals surface area contributed by atoms with Crippen molar-refractivity contribution in [2.24, 2.45) is 7.05 Å². The van der Waals surface area contributed by atoms with Crippen LogP contribution in [0.5, 0.6) is 0 Å². The zero-order valence-electron chi connectivity index (χ0n) is 11.7. The molecule has 0 aliphatic heterocycles. The molecular formula is C15H15N5O. The molecule has 0 unspecified atom stereocenters. The van der Waals surface area contributed by atoms with Gasteiger partial charge in [0.15, 0.2) is 5.69 Å². The first-order valence-electron chi connectivity index (χ1n) is 7.01. The standard InChI is InChI=1S/C15H15N5O/c1-20-8-16-12-7-9(5-6-13(12)20)17-15(21)14-10-3-2-4-11(10)18-19-14/h5-8H,2-4H2,1H3,(H,17,21)(H,18,19). The number of H-pyrrole nitrogens is 1. The minimum Gasteiger partial charge on any atom is -0.334 e. The minimum atomic E-state index is -0.162. The summed E-state index contributed by atoms with van der Waals surface area (Å²) in [5.74, 6) is -0.162.